The molecular formula is C27H41N3O2. The molecule has 1 saturated heterocycles. The van der Waals surface area contributed by atoms with Crippen LogP contribution in [0.15, 0.2) is 54.6 Å². The van der Waals surface area contributed by atoms with Gasteiger partial charge in [-0.05, 0) is 57.2 Å². The standard InChI is InChI=1S/C27H41N3O2/c1-26(2,28-21-31-18-9-12-23-10-6-5-7-11-23)24-13-8-14-25(20-24)27(3,4)29-22-32-19-17-30-15-16-30/h5-8,10-11,13-14,20,28-29H,9,12,15-19,21-22H2,1-4H3. The Balaban J connectivity index is 1.41. The van der Waals surface area contributed by atoms with Crippen molar-refractivity contribution in [2.45, 2.75) is 51.6 Å². The van der Waals surface area contributed by atoms with E-state index in [4.69, 9.17) is 9.47 Å². The molecule has 2 N–H and O–H groups in total. The van der Waals surface area contributed by atoms with Gasteiger partial charge >= 0.3 is 0 Å². The van der Waals surface area contributed by atoms with Crippen LogP contribution < -0.4 is 10.6 Å². The van der Waals surface area contributed by atoms with Gasteiger partial charge in [-0.1, -0.05) is 54.6 Å². The summed E-state index contributed by atoms with van der Waals surface area (Å²) in [4.78, 5) is 2.37. The fraction of sp³-hybridized carbons (Fsp3) is 0.556. The molecule has 2 aromatic carbocycles. The average molecular weight is 440 g/mol. The highest BCUT2D eigenvalue weighted by Crippen LogP contribution is 2.26. The van der Waals surface area contributed by atoms with Gasteiger partial charge in [0.25, 0.3) is 0 Å². The molecule has 0 unspecified atom stereocenters. The first-order valence-electron chi connectivity index (χ1n) is 11.9. The molecule has 0 atom stereocenters. The highest BCUT2D eigenvalue weighted by atomic mass is 16.5. The predicted octanol–water partition coefficient (Wildman–Crippen LogP) is 4.23. The molecule has 5 heteroatoms. The summed E-state index contributed by atoms with van der Waals surface area (Å²) in [6.45, 7) is 14.9. The second kappa shape index (κ2) is 11.9. The number of hydrogen-bond acceptors (Lipinski definition) is 5. The van der Waals surface area contributed by atoms with E-state index >= 15 is 0 Å². The first-order chi connectivity index (χ1) is 15.4. The van der Waals surface area contributed by atoms with Gasteiger partial charge in [0.15, 0.2) is 0 Å². The number of nitrogens with zero attached hydrogens (tertiary/aromatic N) is 1. The number of nitrogens with one attached hydrogen (secondary N) is 2. The lowest BCUT2D eigenvalue weighted by molar-refractivity contribution is 0.0899. The Morgan fingerprint density at radius 3 is 1.97 bits per heavy atom. The highest BCUT2D eigenvalue weighted by Gasteiger charge is 2.24. The summed E-state index contributed by atoms with van der Waals surface area (Å²) in [6, 6.07) is 19.4. The maximum absolute atomic E-state index is 5.86. The van der Waals surface area contributed by atoms with Gasteiger partial charge in [0, 0.05) is 37.3 Å². The molecule has 1 aliphatic heterocycles. The molecule has 0 radical (unpaired) electrons. The first kappa shape index (κ1) is 24.9. The van der Waals surface area contributed by atoms with Gasteiger partial charge in [-0.15, -0.1) is 0 Å². The number of hydrogen-bond donors (Lipinski definition) is 2. The fourth-order valence-electron chi connectivity index (χ4n) is 3.62. The Bertz CT molecular complexity index is 804. The van der Waals surface area contributed by atoms with E-state index in [1.807, 2.05) is 0 Å². The molecule has 1 fully saturated rings. The van der Waals surface area contributed by atoms with Crippen LogP contribution in [-0.2, 0) is 27.0 Å². The summed E-state index contributed by atoms with van der Waals surface area (Å²) in [6.07, 6.45) is 2.08. The summed E-state index contributed by atoms with van der Waals surface area (Å²) >= 11 is 0. The van der Waals surface area contributed by atoms with Gasteiger partial charge in [-0.2, -0.15) is 0 Å². The third-order valence-corrected chi connectivity index (χ3v) is 6.23. The number of benzene rings is 2. The first-order valence-corrected chi connectivity index (χ1v) is 11.9. The summed E-state index contributed by atoms with van der Waals surface area (Å²) in [7, 11) is 0. The lowest BCUT2D eigenvalue weighted by atomic mass is 9.87. The average Bonchev–Trinajstić information content (AvgIpc) is 3.61. The maximum Gasteiger partial charge on any atom is 0.0972 e. The van der Waals surface area contributed by atoms with Crippen molar-refractivity contribution in [2.24, 2.45) is 0 Å². The van der Waals surface area contributed by atoms with Gasteiger partial charge in [-0.25, -0.2) is 0 Å². The second-order valence-corrected chi connectivity index (χ2v) is 9.72. The van der Waals surface area contributed by atoms with Gasteiger partial charge < -0.3 is 9.47 Å². The number of ether oxygens (including phenoxy) is 2. The third-order valence-electron chi connectivity index (χ3n) is 6.23. The van der Waals surface area contributed by atoms with Crippen molar-refractivity contribution in [1.29, 1.82) is 0 Å². The van der Waals surface area contributed by atoms with E-state index in [2.05, 4.69) is 97.8 Å². The van der Waals surface area contributed by atoms with Crippen molar-refractivity contribution in [2.75, 3.05) is 46.3 Å². The van der Waals surface area contributed by atoms with Crippen LogP contribution in [0.4, 0.5) is 0 Å². The molecule has 1 aliphatic rings. The van der Waals surface area contributed by atoms with Crippen molar-refractivity contribution >= 4 is 0 Å². The van der Waals surface area contributed by atoms with Crippen molar-refractivity contribution < 1.29 is 9.47 Å². The summed E-state index contributed by atoms with van der Waals surface area (Å²) < 4.78 is 11.6. The lowest BCUT2D eigenvalue weighted by Crippen LogP contribution is -2.40. The van der Waals surface area contributed by atoms with E-state index in [1.165, 1.54) is 29.8 Å². The number of rotatable bonds is 15. The summed E-state index contributed by atoms with van der Waals surface area (Å²) in [5, 5.41) is 7.10. The van der Waals surface area contributed by atoms with E-state index < -0.39 is 0 Å². The number of aryl methyl sites for hydroxylation is 1. The van der Waals surface area contributed by atoms with Crippen LogP contribution in [0.25, 0.3) is 0 Å². The molecule has 0 amide bonds. The van der Waals surface area contributed by atoms with Crippen molar-refractivity contribution in [3.63, 3.8) is 0 Å². The summed E-state index contributed by atoms with van der Waals surface area (Å²) in [5.41, 5.74) is 3.52. The molecule has 5 nitrogen and oxygen atoms in total. The van der Waals surface area contributed by atoms with Crippen LogP contribution in [0, 0.1) is 0 Å². The zero-order chi connectivity index (χ0) is 22.9. The fourth-order valence-corrected chi connectivity index (χ4v) is 3.62. The van der Waals surface area contributed by atoms with Crippen molar-refractivity contribution in [3.05, 3.63) is 71.3 Å². The normalized spacial score (nSPS) is 14.6. The largest absolute Gasteiger partial charge is 0.366 e. The Labute approximate surface area is 194 Å². The molecular weight excluding hydrogens is 398 g/mol. The maximum atomic E-state index is 5.86. The van der Waals surface area contributed by atoms with Crippen LogP contribution in [0.5, 0.6) is 0 Å². The summed E-state index contributed by atoms with van der Waals surface area (Å²) in [5.74, 6) is 0. The van der Waals surface area contributed by atoms with E-state index in [-0.39, 0.29) is 11.1 Å². The van der Waals surface area contributed by atoms with Crippen LogP contribution in [0.1, 0.15) is 50.8 Å². The van der Waals surface area contributed by atoms with Crippen LogP contribution in [-0.4, -0.2) is 51.2 Å². The predicted molar refractivity (Wildman–Crippen MR) is 132 cm³/mol. The Morgan fingerprint density at radius 2 is 1.38 bits per heavy atom. The minimum absolute atomic E-state index is 0.167. The van der Waals surface area contributed by atoms with Gasteiger partial charge in [0.05, 0.1) is 20.1 Å². The molecule has 3 rings (SSSR count). The van der Waals surface area contributed by atoms with Crippen molar-refractivity contribution in [3.8, 4) is 0 Å². The molecule has 0 spiro atoms. The van der Waals surface area contributed by atoms with E-state index in [1.54, 1.807) is 0 Å². The zero-order valence-electron chi connectivity index (χ0n) is 20.3. The van der Waals surface area contributed by atoms with Gasteiger partial charge in [0.1, 0.15) is 0 Å². The van der Waals surface area contributed by atoms with E-state index in [0.717, 1.165) is 32.6 Å². The molecule has 0 aromatic heterocycles. The molecule has 2 aromatic rings. The van der Waals surface area contributed by atoms with Crippen molar-refractivity contribution in [1.82, 2.24) is 15.5 Å². The van der Waals surface area contributed by atoms with E-state index in [0.29, 0.717) is 13.5 Å². The SMILES string of the molecule is CC(C)(NCOCCCc1ccccc1)c1cccc(C(C)(C)NCOCCN2CC2)c1. The molecule has 0 saturated carbocycles. The molecule has 1 heterocycles. The molecule has 176 valence electrons. The lowest BCUT2D eigenvalue weighted by Gasteiger charge is -2.31. The topological polar surface area (TPSA) is 45.5 Å². The molecule has 0 aliphatic carbocycles. The van der Waals surface area contributed by atoms with Gasteiger partial charge in [-0.3, -0.25) is 15.5 Å². The Hall–Kier alpha value is -1.76. The van der Waals surface area contributed by atoms with Crippen LogP contribution in [0.3, 0.4) is 0 Å². The molecule has 32 heavy (non-hydrogen) atoms. The van der Waals surface area contributed by atoms with Crippen LogP contribution in [0.2, 0.25) is 0 Å². The smallest absolute Gasteiger partial charge is 0.0972 e. The highest BCUT2D eigenvalue weighted by molar-refractivity contribution is 5.32. The van der Waals surface area contributed by atoms with Crippen LogP contribution >= 0.6 is 0 Å². The monoisotopic (exact) mass is 439 g/mol. The van der Waals surface area contributed by atoms with Gasteiger partial charge in [0.2, 0.25) is 0 Å². The Morgan fingerprint density at radius 1 is 0.781 bits per heavy atom. The third kappa shape index (κ3) is 8.30. The quantitative estimate of drug-likeness (QED) is 0.247. The zero-order valence-corrected chi connectivity index (χ0v) is 20.3. The molecule has 0 bridgehead atoms. The minimum atomic E-state index is -0.180. The second-order valence-electron chi connectivity index (χ2n) is 9.72. The minimum Gasteiger partial charge on any atom is -0.366 e. The Kier molecular flexibility index (Phi) is 9.26. The van der Waals surface area contributed by atoms with E-state index in [9.17, 15) is 0 Å².